The van der Waals surface area contributed by atoms with Gasteiger partial charge in [-0.1, -0.05) is 17.7 Å². The van der Waals surface area contributed by atoms with Crippen molar-refractivity contribution >= 4 is 18.0 Å². The Morgan fingerprint density at radius 3 is 3.17 bits per heavy atom. The molecule has 0 saturated carbocycles. The molecular weight excluding hydrogens is 174 g/mol. The number of amides is 1. The molecule has 0 aromatic rings. The average molecular weight is 186 g/mol. The molecule has 0 aromatic heterocycles. The first-order valence-corrected chi connectivity index (χ1v) is 4.36. The molecule has 0 aliphatic heterocycles. The van der Waals surface area contributed by atoms with Crippen molar-refractivity contribution in [2.75, 3.05) is 0 Å². The Morgan fingerprint density at radius 2 is 2.50 bits per heavy atom. The van der Waals surface area contributed by atoms with Gasteiger partial charge in [0.15, 0.2) is 0 Å². The number of hydrogen-bond acceptors (Lipinski definition) is 1. The third-order valence-electron chi connectivity index (χ3n) is 2.05. The molecule has 2 nitrogen and oxygen atoms in total. The fourth-order valence-corrected chi connectivity index (χ4v) is 1.48. The maximum atomic E-state index is 10.2. The van der Waals surface area contributed by atoms with E-state index in [2.05, 4.69) is 5.32 Å². The van der Waals surface area contributed by atoms with Crippen LogP contribution in [0.15, 0.2) is 22.8 Å². The number of halogens is 1. The predicted octanol–water partition coefficient (Wildman–Crippen LogP) is 1.96. The van der Waals surface area contributed by atoms with Crippen molar-refractivity contribution in [3.05, 3.63) is 22.8 Å². The van der Waals surface area contributed by atoms with Crippen molar-refractivity contribution in [3.63, 3.8) is 0 Å². The van der Waals surface area contributed by atoms with Crippen molar-refractivity contribution in [2.24, 2.45) is 0 Å². The fraction of sp³-hybridized carbons (Fsp3) is 0.444. The Balaban J connectivity index is 2.76. The third-order valence-corrected chi connectivity index (χ3v) is 2.48. The summed E-state index contributed by atoms with van der Waals surface area (Å²) in [5.74, 6) is 0. The monoisotopic (exact) mass is 185 g/mol. The quantitative estimate of drug-likeness (QED) is 0.655. The van der Waals surface area contributed by atoms with Crippen LogP contribution in [0.1, 0.15) is 19.8 Å². The maximum Gasteiger partial charge on any atom is 0.207 e. The summed E-state index contributed by atoms with van der Waals surface area (Å²) in [4.78, 5) is 10.2. The number of allylic oxidation sites excluding steroid dienone is 3. The molecule has 1 atom stereocenters. The second-order valence-corrected chi connectivity index (χ2v) is 3.25. The predicted molar refractivity (Wildman–Crippen MR) is 49.9 cm³/mol. The van der Waals surface area contributed by atoms with Gasteiger partial charge in [-0.15, -0.1) is 0 Å². The highest BCUT2D eigenvalue weighted by atomic mass is 35.5. The largest absolute Gasteiger partial charge is 0.352 e. The number of hydrogen-bond donors (Lipinski definition) is 1. The summed E-state index contributed by atoms with van der Waals surface area (Å²) >= 11 is 5.94. The summed E-state index contributed by atoms with van der Waals surface area (Å²) in [7, 11) is 0. The van der Waals surface area contributed by atoms with Crippen LogP contribution in [0.3, 0.4) is 0 Å². The molecular formula is C9H12ClNO. The normalized spacial score (nSPS) is 23.7. The molecule has 0 fully saturated rings. The van der Waals surface area contributed by atoms with Gasteiger partial charge >= 0.3 is 0 Å². The lowest BCUT2D eigenvalue weighted by atomic mass is 10.1. The molecule has 0 spiro atoms. The zero-order valence-electron chi connectivity index (χ0n) is 7.01. The lowest BCUT2D eigenvalue weighted by molar-refractivity contribution is -0.110. The van der Waals surface area contributed by atoms with Gasteiger partial charge in [-0.2, -0.15) is 0 Å². The fourth-order valence-electron chi connectivity index (χ4n) is 1.25. The van der Waals surface area contributed by atoms with Crippen LogP contribution in [0.5, 0.6) is 0 Å². The molecule has 0 bridgehead atoms. The number of carbonyl (C=O) groups is 1. The highest BCUT2D eigenvalue weighted by molar-refractivity contribution is 6.31. The van der Waals surface area contributed by atoms with Crippen molar-refractivity contribution in [1.82, 2.24) is 5.32 Å². The Bertz CT molecular complexity index is 233. The van der Waals surface area contributed by atoms with Gasteiger partial charge in [-0.05, 0) is 31.4 Å². The van der Waals surface area contributed by atoms with Gasteiger partial charge in [0.25, 0.3) is 0 Å². The first-order valence-electron chi connectivity index (χ1n) is 3.98. The van der Waals surface area contributed by atoms with E-state index in [1.807, 2.05) is 19.1 Å². The molecule has 0 aromatic carbocycles. The molecule has 1 rings (SSSR count). The Hall–Kier alpha value is -0.760. The van der Waals surface area contributed by atoms with Gasteiger partial charge in [0.1, 0.15) is 0 Å². The smallest absolute Gasteiger partial charge is 0.207 e. The molecule has 1 unspecified atom stereocenters. The lowest BCUT2D eigenvalue weighted by Crippen LogP contribution is -2.28. The molecule has 1 aliphatic carbocycles. The molecule has 1 N–H and O–H groups in total. The van der Waals surface area contributed by atoms with Crippen LogP contribution < -0.4 is 5.32 Å². The molecule has 3 heteroatoms. The van der Waals surface area contributed by atoms with Gasteiger partial charge < -0.3 is 5.32 Å². The first kappa shape index (κ1) is 9.33. The first-order chi connectivity index (χ1) is 5.75. The van der Waals surface area contributed by atoms with Crippen molar-refractivity contribution < 1.29 is 4.79 Å². The molecule has 66 valence electrons. The summed E-state index contributed by atoms with van der Waals surface area (Å²) in [6.07, 6.45) is 6.53. The van der Waals surface area contributed by atoms with Crippen LogP contribution in [0, 0.1) is 0 Å². The van der Waals surface area contributed by atoms with Crippen molar-refractivity contribution in [3.8, 4) is 0 Å². The highest BCUT2D eigenvalue weighted by Crippen LogP contribution is 2.21. The lowest BCUT2D eigenvalue weighted by Gasteiger charge is -2.14. The van der Waals surface area contributed by atoms with E-state index in [0.717, 1.165) is 29.9 Å². The summed E-state index contributed by atoms with van der Waals surface area (Å²) in [5, 5.41) is 3.48. The van der Waals surface area contributed by atoms with Crippen LogP contribution in [0.4, 0.5) is 0 Å². The SMILES string of the molecule is CC1=C(Cl)C=CCCC1NC=O. The van der Waals surface area contributed by atoms with Crippen LogP contribution >= 0.6 is 11.6 Å². The van der Waals surface area contributed by atoms with E-state index in [1.54, 1.807) is 0 Å². The van der Waals surface area contributed by atoms with Gasteiger partial charge in [0, 0.05) is 5.03 Å². The second kappa shape index (κ2) is 4.31. The number of rotatable bonds is 2. The Kier molecular flexibility index (Phi) is 3.35. The Morgan fingerprint density at radius 1 is 1.75 bits per heavy atom. The standard InChI is InChI=1S/C9H12ClNO/c1-7-8(10)4-2-3-5-9(7)11-6-12/h2,4,6,9H,3,5H2,1H3,(H,11,12). The van der Waals surface area contributed by atoms with E-state index < -0.39 is 0 Å². The number of nitrogens with one attached hydrogen (secondary N) is 1. The van der Waals surface area contributed by atoms with Gasteiger partial charge in [0.2, 0.25) is 6.41 Å². The summed E-state index contributed by atoms with van der Waals surface area (Å²) in [5.41, 5.74) is 1.04. The Labute approximate surface area is 77.3 Å². The van der Waals surface area contributed by atoms with Crippen LogP contribution in [-0.4, -0.2) is 12.5 Å². The van der Waals surface area contributed by atoms with E-state index in [0.29, 0.717) is 0 Å². The minimum Gasteiger partial charge on any atom is -0.352 e. The topological polar surface area (TPSA) is 29.1 Å². The zero-order valence-corrected chi connectivity index (χ0v) is 7.77. The molecule has 12 heavy (non-hydrogen) atoms. The number of carbonyl (C=O) groups excluding carboxylic acids is 1. The molecule has 1 amide bonds. The van der Waals surface area contributed by atoms with E-state index in [-0.39, 0.29) is 6.04 Å². The molecule has 0 radical (unpaired) electrons. The highest BCUT2D eigenvalue weighted by Gasteiger charge is 2.13. The van der Waals surface area contributed by atoms with E-state index in [4.69, 9.17) is 11.6 Å². The van der Waals surface area contributed by atoms with E-state index in [1.165, 1.54) is 0 Å². The second-order valence-electron chi connectivity index (χ2n) is 2.85. The van der Waals surface area contributed by atoms with E-state index >= 15 is 0 Å². The molecule has 1 aliphatic rings. The summed E-state index contributed by atoms with van der Waals surface area (Å²) < 4.78 is 0. The molecule has 0 saturated heterocycles. The van der Waals surface area contributed by atoms with Crippen molar-refractivity contribution in [2.45, 2.75) is 25.8 Å². The van der Waals surface area contributed by atoms with Gasteiger partial charge in [0.05, 0.1) is 6.04 Å². The minimum atomic E-state index is 0.102. The zero-order chi connectivity index (χ0) is 8.97. The van der Waals surface area contributed by atoms with Crippen molar-refractivity contribution in [1.29, 1.82) is 0 Å². The van der Waals surface area contributed by atoms with Crippen LogP contribution in [-0.2, 0) is 4.79 Å². The maximum absolute atomic E-state index is 10.2. The minimum absolute atomic E-state index is 0.102. The van der Waals surface area contributed by atoms with E-state index in [9.17, 15) is 4.79 Å². The van der Waals surface area contributed by atoms with Crippen LogP contribution in [0.2, 0.25) is 0 Å². The third kappa shape index (κ3) is 2.11. The summed E-state index contributed by atoms with van der Waals surface area (Å²) in [6, 6.07) is 0.102. The molecule has 0 heterocycles. The van der Waals surface area contributed by atoms with Gasteiger partial charge in [-0.3, -0.25) is 4.79 Å². The average Bonchev–Trinajstić information content (AvgIpc) is 2.20. The van der Waals surface area contributed by atoms with Gasteiger partial charge in [-0.25, -0.2) is 0 Å². The van der Waals surface area contributed by atoms with Crippen LogP contribution in [0.25, 0.3) is 0 Å². The summed E-state index contributed by atoms with van der Waals surface area (Å²) in [6.45, 7) is 1.94.